The minimum Gasteiger partial charge on any atom is -0.505 e. The summed E-state index contributed by atoms with van der Waals surface area (Å²) in [7, 11) is 1.69. The fourth-order valence-electron chi connectivity index (χ4n) is 3.64. The van der Waals surface area contributed by atoms with Crippen LogP contribution in [0.15, 0.2) is 12.1 Å². The number of ether oxygens (including phenoxy) is 1. The Bertz CT molecular complexity index is 502. The molecule has 2 fully saturated rings. The molecule has 0 unspecified atom stereocenters. The second kappa shape index (κ2) is 10.2. The van der Waals surface area contributed by atoms with E-state index >= 15 is 0 Å². The standard InChI is InChI=1S/C18H28N2O2.2ClH/c1-22-14-15-12-16(19-8-4-2-5-9-19)13-17(18(15)21)20-10-6-3-7-11-20;;/h12-13,21H,2-11,14H2,1H3;2*1H. The Labute approximate surface area is 158 Å². The highest BCUT2D eigenvalue weighted by Gasteiger charge is 2.20. The SMILES string of the molecule is COCc1cc(N2CCCCC2)cc(N2CCCCC2)c1O.Cl.Cl. The van der Waals surface area contributed by atoms with E-state index < -0.39 is 0 Å². The molecular formula is C18H30Cl2N2O2. The molecule has 0 aliphatic carbocycles. The van der Waals surface area contributed by atoms with Crippen LogP contribution in [0.3, 0.4) is 0 Å². The summed E-state index contributed by atoms with van der Waals surface area (Å²) >= 11 is 0. The number of anilines is 2. The van der Waals surface area contributed by atoms with Gasteiger partial charge in [-0.15, -0.1) is 24.8 Å². The van der Waals surface area contributed by atoms with E-state index in [2.05, 4.69) is 21.9 Å². The van der Waals surface area contributed by atoms with Crippen molar-refractivity contribution in [2.24, 2.45) is 0 Å². The number of aromatic hydroxyl groups is 1. The molecule has 1 aromatic rings. The molecule has 2 aliphatic heterocycles. The molecule has 24 heavy (non-hydrogen) atoms. The number of methoxy groups -OCH3 is 1. The summed E-state index contributed by atoms with van der Waals surface area (Å²) in [6.07, 6.45) is 7.59. The molecular weight excluding hydrogens is 347 g/mol. The molecule has 1 aromatic carbocycles. The van der Waals surface area contributed by atoms with Gasteiger partial charge in [-0.3, -0.25) is 0 Å². The number of phenols is 1. The van der Waals surface area contributed by atoms with Gasteiger partial charge in [0.05, 0.1) is 12.3 Å². The van der Waals surface area contributed by atoms with Crippen molar-refractivity contribution >= 4 is 36.2 Å². The van der Waals surface area contributed by atoms with E-state index in [0.29, 0.717) is 12.4 Å². The maximum Gasteiger partial charge on any atom is 0.144 e. The van der Waals surface area contributed by atoms with Crippen LogP contribution in [-0.4, -0.2) is 38.4 Å². The smallest absolute Gasteiger partial charge is 0.144 e. The number of hydrogen-bond donors (Lipinski definition) is 1. The zero-order chi connectivity index (χ0) is 15.4. The van der Waals surface area contributed by atoms with Crippen molar-refractivity contribution < 1.29 is 9.84 Å². The van der Waals surface area contributed by atoms with Crippen LogP contribution in [-0.2, 0) is 11.3 Å². The van der Waals surface area contributed by atoms with E-state index in [4.69, 9.17) is 4.74 Å². The number of hydrogen-bond acceptors (Lipinski definition) is 4. The largest absolute Gasteiger partial charge is 0.505 e. The summed E-state index contributed by atoms with van der Waals surface area (Å²) in [6.45, 7) is 4.80. The number of halogens is 2. The Balaban J connectivity index is 0.00000144. The average Bonchev–Trinajstić information content (AvgIpc) is 2.58. The van der Waals surface area contributed by atoms with Crippen LogP contribution in [0, 0.1) is 0 Å². The number of phenolic OH excluding ortho intramolecular Hbond substituents is 1. The average molecular weight is 377 g/mol. The molecule has 6 heteroatoms. The van der Waals surface area contributed by atoms with Crippen LogP contribution in [0.4, 0.5) is 11.4 Å². The third-order valence-electron chi connectivity index (χ3n) is 4.87. The first-order valence-electron chi connectivity index (χ1n) is 8.64. The fraction of sp³-hybridized carbons (Fsp3) is 0.667. The lowest BCUT2D eigenvalue weighted by Gasteiger charge is -2.33. The molecule has 4 nitrogen and oxygen atoms in total. The van der Waals surface area contributed by atoms with E-state index in [1.165, 1.54) is 44.2 Å². The third kappa shape index (κ3) is 4.84. The summed E-state index contributed by atoms with van der Waals surface area (Å²) in [4.78, 5) is 4.79. The van der Waals surface area contributed by atoms with Crippen molar-refractivity contribution in [2.45, 2.75) is 45.1 Å². The van der Waals surface area contributed by atoms with E-state index in [-0.39, 0.29) is 24.8 Å². The van der Waals surface area contributed by atoms with E-state index in [1.807, 2.05) is 0 Å². The van der Waals surface area contributed by atoms with E-state index in [9.17, 15) is 5.11 Å². The van der Waals surface area contributed by atoms with Crippen LogP contribution in [0.2, 0.25) is 0 Å². The summed E-state index contributed by atoms with van der Waals surface area (Å²) in [5.74, 6) is 0.407. The first kappa shape index (κ1) is 21.2. The molecule has 0 atom stereocenters. The zero-order valence-electron chi connectivity index (χ0n) is 14.5. The first-order chi connectivity index (χ1) is 10.8. The number of rotatable bonds is 4. The predicted molar refractivity (Wildman–Crippen MR) is 105 cm³/mol. The maximum absolute atomic E-state index is 10.7. The minimum atomic E-state index is 0. The lowest BCUT2D eigenvalue weighted by atomic mass is 10.0. The van der Waals surface area contributed by atoms with Crippen molar-refractivity contribution in [3.63, 3.8) is 0 Å². The molecule has 2 aliphatic rings. The van der Waals surface area contributed by atoms with Crippen molar-refractivity contribution in [1.29, 1.82) is 0 Å². The van der Waals surface area contributed by atoms with Gasteiger partial charge in [-0.2, -0.15) is 0 Å². The van der Waals surface area contributed by atoms with Crippen LogP contribution >= 0.6 is 24.8 Å². The molecule has 2 saturated heterocycles. The van der Waals surface area contributed by atoms with Gasteiger partial charge in [-0.05, 0) is 50.7 Å². The molecule has 0 bridgehead atoms. The summed E-state index contributed by atoms with van der Waals surface area (Å²) in [5.41, 5.74) is 3.14. The second-order valence-corrected chi connectivity index (χ2v) is 6.50. The molecule has 2 heterocycles. The van der Waals surface area contributed by atoms with Crippen LogP contribution in [0.25, 0.3) is 0 Å². The lowest BCUT2D eigenvalue weighted by Crippen LogP contribution is -2.31. The Kier molecular flexibility index (Phi) is 9.03. The highest BCUT2D eigenvalue weighted by molar-refractivity contribution is 5.85. The Morgan fingerprint density at radius 3 is 1.96 bits per heavy atom. The highest BCUT2D eigenvalue weighted by atomic mass is 35.5. The second-order valence-electron chi connectivity index (χ2n) is 6.50. The van der Waals surface area contributed by atoms with Gasteiger partial charge in [0.25, 0.3) is 0 Å². The number of benzene rings is 1. The molecule has 0 aromatic heterocycles. The molecule has 0 radical (unpaired) electrons. The normalized spacial score (nSPS) is 17.9. The summed E-state index contributed by atoms with van der Waals surface area (Å²) < 4.78 is 5.30. The van der Waals surface area contributed by atoms with Crippen molar-refractivity contribution in [3.8, 4) is 5.75 Å². The molecule has 0 spiro atoms. The monoisotopic (exact) mass is 376 g/mol. The van der Waals surface area contributed by atoms with Gasteiger partial charge in [0, 0.05) is 44.5 Å². The summed E-state index contributed by atoms with van der Waals surface area (Å²) in [5, 5.41) is 10.7. The quantitative estimate of drug-likeness (QED) is 0.846. The predicted octanol–water partition coefficient (Wildman–Crippen LogP) is 4.36. The van der Waals surface area contributed by atoms with Gasteiger partial charge in [-0.25, -0.2) is 0 Å². The van der Waals surface area contributed by atoms with E-state index in [1.54, 1.807) is 7.11 Å². The zero-order valence-corrected chi connectivity index (χ0v) is 16.1. The van der Waals surface area contributed by atoms with Crippen LogP contribution in [0.1, 0.15) is 44.1 Å². The van der Waals surface area contributed by atoms with Crippen LogP contribution in [0.5, 0.6) is 5.75 Å². The van der Waals surface area contributed by atoms with Gasteiger partial charge in [0.15, 0.2) is 0 Å². The molecule has 138 valence electrons. The van der Waals surface area contributed by atoms with Gasteiger partial charge >= 0.3 is 0 Å². The number of nitrogens with zero attached hydrogens (tertiary/aromatic N) is 2. The minimum absolute atomic E-state index is 0. The maximum atomic E-state index is 10.7. The topological polar surface area (TPSA) is 35.9 Å². The molecule has 3 rings (SSSR count). The fourth-order valence-corrected chi connectivity index (χ4v) is 3.64. The first-order valence-corrected chi connectivity index (χ1v) is 8.64. The van der Waals surface area contributed by atoms with Crippen molar-refractivity contribution in [2.75, 3.05) is 43.1 Å². The Hall–Kier alpha value is -0.840. The summed E-state index contributed by atoms with van der Waals surface area (Å²) in [6, 6.07) is 4.29. The highest BCUT2D eigenvalue weighted by Crippen LogP contribution is 2.38. The Morgan fingerprint density at radius 2 is 1.42 bits per heavy atom. The molecule has 0 saturated carbocycles. The van der Waals surface area contributed by atoms with Gasteiger partial charge in [-0.1, -0.05) is 0 Å². The van der Waals surface area contributed by atoms with Gasteiger partial charge in [0.1, 0.15) is 5.75 Å². The van der Waals surface area contributed by atoms with Crippen LogP contribution < -0.4 is 9.80 Å². The molecule has 0 amide bonds. The third-order valence-corrected chi connectivity index (χ3v) is 4.87. The van der Waals surface area contributed by atoms with Gasteiger partial charge < -0.3 is 19.6 Å². The van der Waals surface area contributed by atoms with Gasteiger partial charge in [0.2, 0.25) is 0 Å². The Morgan fingerprint density at radius 1 is 0.875 bits per heavy atom. The molecule has 1 N–H and O–H groups in total. The number of piperidine rings is 2. The van der Waals surface area contributed by atoms with Crippen molar-refractivity contribution in [1.82, 2.24) is 0 Å². The van der Waals surface area contributed by atoms with Crippen molar-refractivity contribution in [3.05, 3.63) is 17.7 Å². The lowest BCUT2D eigenvalue weighted by molar-refractivity contribution is 0.182. The van der Waals surface area contributed by atoms with E-state index in [0.717, 1.165) is 37.4 Å².